The normalized spacial score (nSPS) is 12.2. The van der Waals surface area contributed by atoms with Gasteiger partial charge in [0.25, 0.3) is 0 Å². The molecule has 2 aromatic rings. The summed E-state index contributed by atoms with van der Waals surface area (Å²) >= 11 is 0. The van der Waals surface area contributed by atoms with Crippen LogP contribution in [0.1, 0.15) is 18.4 Å². The minimum atomic E-state index is -4.13. The van der Waals surface area contributed by atoms with Gasteiger partial charge in [0.05, 0.1) is 6.61 Å². The summed E-state index contributed by atoms with van der Waals surface area (Å²) in [5, 5.41) is 9.97. The van der Waals surface area contributed by atoms with E-state index < -0.39 is 12.6 Å². The van der Waals surface area contributed by atoms with Gasteiger partial charge in [-0.1, -0.05) is 0 Å². The summed E-state index contributed by atoms with van der Waals surface area (Å²) in [7, 11) is 0. The lowest BCUT2D eigenvalue weighted by atomic mass is 10.2. The molecule has 0 saturated heterocycles. The molecular formula is C12H13F3N2O. The Morgan fingerprint density at radius 2 is 2.11 bits per heavy atom. The summed E-state index contributed by atoms with van der Waals surface area (Å²) < 4.78 is 37.9. The minimum Gasteiger partial charge on any atom is -0.392 e. The van der Waals surface area contributed by atoms with Gasteiger partial charge in [-0.25, -0.2) is 4.98 Å². The van der Waals surface area contributed by atoms with Gasteiger partial charge < -0.3 is 9.67 Å². The van der Waals surface area contributed by atoms with Crippen LogP contribution in [0.3, 0.4) is 0 Å². The van der Waals surface area contributed by atoms with Gasteiger partial charge in [-0.15, -0.1) is 0 Å². The lowest BCUT2D eigenvalue weighted by Gasteiger charge is -2.07. The number of pyridine rings is 1. The summed E-state index contributed by atoms with van der Waals surface area (Å²) in [6.45, 7) is 0.0987. The Labute approximate surface area is 102 Å². The van der Waals surface area contributed by atoms with Crippen molar-refractivity contribution in [3.05, 3.63) is 30.1 Å². The van der Waals surface area contributed by atoms with Crippen molar-refractivity contribution in [2.45, 2.75) is 32.2 Å². The van der Waals surface area contributed by atoms with E-state index in [0.29, 0.717) is 11.2 Å². The summed E-state index contributed by atoms with van der Waals surface area (Å²) in [6.07, 6.45) is -1.68. The Hall–Kier alpha value is -1.56. The first kappa shape index (κ1) is 12.9. The number of fused-ring (bicyclic) bond motifs is 1. The second kappa shape index (κ2) is 4.97. The molecule has 0 unspecified atom stereocenters. The molecule has 98 valence electrons. The highest BCUT2D eigenvalue weighted by Crippen LogP contribution is 2.24. The molecule has 0 atom stereocenters. The topological polar surface area (TPSA) is 38.0 Å². The van der Waals surface area contributed by atoms with E-state index >= 15 is 0 Å². The highest BCUT2D eigenvalue weighted by molar-refractivity contribution is 5.80. The molecule has 0 aromatic carbocycles. The number of alkyl halides is 3. The molecule has 18 heavy (non-hydrogen) atoms. The van der Waals surface area contributed by atoms with E-state index in [9.17, 15) is 18.3 Å². The number of rotatable bonds is 4. The van der Waals surface area contributed by atoms with Crippen LogP contribution in [0, 0.1) is 0 Å². The second-order valence-corrected chi connectivity index (χ2v) is 4.10. The summed E-state index contributed by atoms with van der Waals surface area (Å²) in [5.74, 6) is 0. The van der Waals surface area contributed by atoms with Crippen LogP contribution in [0.4, 0.5) is 13.2 Å². The predicted octanol–water partition coefficient (Wildman–Crippen LogP) is 2.87. The highest BCUT2D eigenvalue weighted by atomic mass is 19.4. The van der Waals surface area contributed by atoms with Gasteiger partial charge in [0.2, 0.25) is 0 Å². The third-order valence-electron chi connectivity index (χ3n) is 2.75. The zero-order chi connectivity index (χ0) is 13.2. The predicted molar refractivity (Wildman–Crippen MR) is 60.9 cm³/mol. The second-order valence-electron chi connectivity index (χ2n) is 4.10. The Balaban J connectivity index is 2.18. The molecule has 0 spiro atoms. The van der Waals surface area contributed by atoms with Gasteiger partial charge in [-0.05, 0) is 18.6 Å². The van der Waals surface area contributed by atoms with Crippen molar-refractivity contribution in [1.29, 1.82) is 0 Å². The van der Waals surface area contributed by atoms with Crippen LogP contribution >= 0.6 is 0 Å². The van der Waals surface area contributed by atoms with Crippen molar-refractivity contribution in [2.24, 2.45) is 0 Å². The number of aromatic nitrogens is 2. The van der Waals surface area contributed by atoms with Crippen LogP contribution in [0.2, 0.25) is 0 Å². The number of aryl methyl sites for hydroxylation is 1. The lowest BCUT2D eigenvalue weighted by molar-refractivity contribution is -0.135. The van der Waals surface area contributed by atoms with Crippen LogP contribution in [-0.4, -0.2) is 20.8 Å². The molecule has 0 amide bonds. The molecule has 0 bridgehead atoms. The molecule has 0 aliphatic rings. The molecule has 0 saturated carbocycles. The molecule has 0 radical (unpaired) electrons. The zero-order valence-corrected chi connectivity index (χ0v) is 9.61. The van der Waals surface area contributed by atoms with Gasteiger partial charge >= 0.3 is 6.18 Å². The zero-order valence-electron chi connectivity index (χ0n) is 9.61. The van der Waals surface area contributed by atoms with E-state index in [0.717, 1.165) is 5.39 Å². The van der Waals surface area contributed by atoms with Crippen LogP contribution < -0.4 is 0 Å². The van der Waals surface area contributed by atoms with Crippen molar-refractivity contribution in [3.8, 4) is 0 Å². The van der Waals surface area contributed by atoms with E-state index in [4.69, 9.17) is 0 Å². The molecule has 2 aromatic heterocycles. The quantitative estimate of drug-likeness (QED) is 0.915. The first-order valence-corrected chi connectivity index (χ1v) is 5.61. The standard InChI is InChI=1S/C12H13F3N2O/c13-12(14,15)4-2-6-17-7-9(8-18)10-3-1-5-16-11(10)17/h1,3,5,7,18H,2,4,6,8H2. The Kier molecular flexibility index (Phi) is 3.56. The molecule has 1 N–H and O–H groups in total. The van der Waals surface area contributed by atoms with E-state index in [2.05, 4.69) is 4.98 Å². The highest BCUT2D eigenvalue weighted by Gasteiger charge is 2.26. The van der Waals surface area contributed by atoms with Crippen molar-refractivity contribution in [3.63, 3.8) is 0 Å². The summed E-state index contributed by atoms with van der Waals surface area (Å²) in [5.41, 5.74) is 1.30. The maximum atomic E-state index is 12.1. The number of aliphatic hydroxyl groups is 1. The Bertz CT molecular complexity index is 534. The van der Waals surface area contributed by atoms with Gasteiger partial charge in [0.15, 0.2) is 0 Å². The fourth-order valence-corrected chi connectivity index (χ4v) is 1.94. The largest absolute Gasteiger partial charge is 0.392 e. The minimum absolute atomic E-state index is 0.00865. The van der Waals surface area contributed by atoms with Gasteiger partial charge in [0, 0.05) is 36.3 Å². The number of hydrogen-bond donors (Lipinski definition) is 1. The number of aliphatic hydroxyl groups excluding tert-OH is 1. The average Bonchev–Trinajstić information content (AvgIpc) is 2.66. The maximum absolute atomic E-state index is 12.1. The Morgan fingerprint density at radius 3 is 2.78 bits per heavy atom. The molecule has 0 aliphatic carbocycles. The van der Waals surface area contributed by atoms with Crippen LogP contribution in [-0.2, 0) is 13.2 Å². The fourth-order valence-electron chi connectivity index (χ4n) is 1.94. The van der Waals surface area contributed by atoms with Crippen molar-refractivity contribution < 1.29 is 18.3 Å². The molecular weight excluding hydrogens is 245 g/mol. The third kappa shape index (κ3) is 2.81. The first-order valence-electron chi connectivity index (χ1n) is 5.61. The monoisotopic (exact) mass is 258 g/mol. The van der Waals surface area contributed by atoms with Crippen LogP contribution in [0.5, 0.6) is 0 Å². The molecule has 0 fully saturated rings. The summed E-state index contributed by atoms with van der Waals surface area (Å²) in [6, 6.07) is 3.54. The van der Waals surface area contributed by atoms with Crippen molar-refractivity contribution >= 4 is 11.0 Å². The van der Waals surface area contributed by atoms with Crippen LogP contribution in [0.25, 0.3) is 11.0 Å². The van der Waals surface area contributed by atoms with E-state index in [-0.39, 0.29) is 19.6 Å². The first-order chi connectivity index (χ1) is 8.51. The third-order valence-corrected chi connectivity index (χ3v) is 2.75. The molecule has 2 rings (SSSR count). The fraction of sp³-hybridized carbons (Fsp3) is 0.417. The maximum Gasteiger partial charge on any atom is 0.389 e. The lowest BCUT2D eigenvalue weighted by Crippen LogP contribution is -2.09. The van der Waals surface area contributed by atoms with Gasteiger partial charge in [0.1, 0.15) is 5.65 Å². The van der Waals surface area contributed by atoms with Gasteiger partial charge in [-0.2, -0.15) is 13.2 Å². The number of halogens is 3. The van der Waals surface area contributed by atoms with Gasteiger partial charge in [-0.3, -0.25) is 0 Å². The number of nitrogens with zero attached hydrogens (tertiary/aromatic N) is 2. The molecule has 3 nitrogen and oxygen atoms in total. The SMILES string of the molecule is OCc1cn(CCCC(F)(F)F)c2ncccc12. The van der Waals surface area contributed by atoms with E-state index in [1.54, 1.807) is 29.1 Å². The van der Waals surface area contributed by atoms with Crippen molar-refractivity contribution in [1.82, 2.24) is 9.55 Å². The summed E-state index contributed by atoms with van der Waals surface area (Å²) in [4.78, 5) is 4.14. The smallest absolute Gasteiger partial charge is 0.389 e. The van der Waals surface area contributed by atoms with Crippen LogP contribution in [0.15, 0.2) is 24.5 Å². The average molecular weight is 258 g/mol. The molecule has 2 heterocycles. The van der Waals surface area contributed by atoms with E-state index in [1.807, 2.05) is 0 Å². The Morgan fingerprint density at radius 1 is 1.33 bits per heavy atom. The van der Waals surface area contributed by atoms with Crippen molar-refractivity contribution in [2.75, 3.05) is 0 Å². The molecule has 0 aliphatic heterocycles. The van der Waals surface area contributed by atoms with E-state index in [1.165, 1.54) is 0 Å². The number of hydrogen-bond acceptors (Lipinski definition) is 2. The molecule has 6 heteroatoms.